The number of nitrogens with zero attached hydrogens (tertiary/aromatic N) is 1. The van der Waals surface area contributed by atoms with Crippen molar-refractivity contribution in [3.63, 3.8) is 0 Å². The van der Waals surface area contributed by atoms with Crippen LogP contribution in [-0.4, -0.2) is 43.0 Å². The van der Waals surface area contributed by atoms with Gasteiger partial charge in [-0.15, -0.1) is 0 Å². The fourth-order valence-corrected chi connectivity index (χ4v) is 4.56. The number of hydrogen-bond acceptors (Lipinski definition) is 5. The molecule has 7 nitrogen and oxygen atoms in total. The number of likely N-dealkylation sites (tertiary alicyclic amines) is 1. The molecule has 7 heteroatoms. The number of carbonyl (C=O) groups excluding carboxylic acids is 2. The van der Waals surface area contributed by atoms with Gasteiger partial charge in [-0.25, -0.2) is 0 Å². The molecule has 1 atom stereocenters. The van der Waals surface area contributed by atoms with Crippen LogP contribution in [0, 0.1) is 0 Å². The molecule has 170 valence electrons. The first-order valence-electron chi connectivity index (χ1n) is 11.3. The predicted molar refractivity (Wildman–Crippen MR) is 123 cm³/mol. The quantitative estimate of drug-likeness (QED) is 0.660. The van der Waals surface area contributed by atoms with E-state index in [4.69, 9.17) is 15.2 Å². The van der Waals surface area contributed by atoms with E-state index in [1.165, 1.54) is 12.8 Å². The van der Waals surface area contributed by atoms with Gasteiger partial charge in [0.1, 0.15) is 0 Å². The highest BCUT2D eigenvalue weighted by molar-refractivity contribution is 5.95. The number of anilines is 1. The van der Waals surface area contributed by atoms with Crippen molar-refractivity contribution >= 4 is 17.5 Å². The molecule has 3 N–H and O–H groups in total. The van der Waals surface area contributed by atoms with E-state index in [2.05, 4.69) is 5.32 Å². The summed E-state index contributed by atoms with van der Waals surface area (Å²) in [5.41, 5.74) is 8.32. The summed E-state index contributed by atoms with van der Waals surface area (Å²) >= 11 is 0. The van der Waals surface area contributed by atoms with Crippen LogP contribution < -0.4 is 20.5 Å². The third-order valence-corrected chi connectivity index (χ3v) is 6.32. The first-order chi connectivity index (χ1) is 15.6. The summed E-state index contributed by atoms with van der Waals surface area (Å²) in [6.07, 6.45) is 5.10. The van der Waals surface area contributed by atoms with Crippen LogP contribution in [0.2, 0.25) is 0 Å². The molecule has 2 fully saturated rings. The summed E-state index contributed by atoms with van der Waals surface area (Å²) in [7, 11) is 1.64. The van der Waals surface area contributed by atoms with E-state index in [0.717, 1.165) is 29.7 Å². The molecule has 1 saturated carbocycles. The third kappa shape index (κ3) is 5.05. The molecule has 0 spiro atoms. The van der Waals surface area contributed by atoms with Crippen LogP contribution in [0.25, 0.3) is 0 Å². The zero-order valence-electron chi connectivity index (χ0n) is 18.5. The van der Waals surface area contributed by atoms with E-state index >= 15 is 0 Å². The van der Waals surface area contributed by atoms with Gasteiger partial charge in [-0.3, -0.25) is 9.59 Å². The molecule has 2 aliphatic rings. The Hall–Kier alpha value is -3.06. The van der Waals surface area contributed by atoms with Crippen LogP contribution in [-0.2, 0) is 16.1 Å². The van der Waals surface area contributed by atoms with Gasteiger partial charge in [0.15, 0.2) is 11.5 Å². The Balaban J connectivity index is 1.41. The minimum Gasteiger partial charge on any atom is -0.493 e. The van der Waals surface area contributed by atoms with E-state index in [1.807, 2.05) is 42.5 Å². The van der Waals surface area contributed by atoms with Crippen LogP contribution in [0.1, 0.15) is 49.1 Å². The molecule has 2 aromatic rings. The molecular formula is C25H31N3O4. The minimum atomic E-state index is -0.222. The lowest BCUT2D eigenvalue weighted by Crippen LogP contribution is -2.34. The zero-order valence-corrected chi connectivity index (χ0v) is 18.5. The average molecular weight is 438 g/mol. The molecule has 1 aliphatic heterocycles. The second kappa shape index (κ2) is 10.0. The monoisotopic (exact) mass is 437 g/mol. The Morgan fingerprint density at radius 2 is 1.94 bits per heavy atom. The van der Waals surface area contributed by atoms with Gasteiger partial charge in [0.05, 0.1) is 19.8 Å². The summed E-state index contributed by atoms with van der Waals surface area (Å²) in [6.45, 7) is 0.861. The van der Waals surface area contributed by atoms with Crippen molar-refractivity contribution in [2.24, 2.45) is 5.73 Å². The molecule has 1 saturated heterocycles. The molecule has 2 aromatic carbocycles. The van der Waals surface area contributed by atoms with Crippen LogP contribution >= 0.6 is 0 Å². The lowest BCUT2D eigenvalue weighted by molar-refractivity contribution is -0.131. The molecule has 0 bridgehead atoms. The second-order valence-corrected chi connectivity index (χ2v) is 8.52. The van der Waals surface area contributed by atoms with Gasteiger partial charge in [-0.05, 0) is 55.0 Å². The van der Waals surface area contributed by atoms with Crippen LogP contribution in [0.3, 0.4) is 0 Å². The van der Waals surface area contributed by atoms with Crippen molar-refractivity contribution in [1.82, 2.24) is 4.90 Å². The number of hydrogen-bond donors (Lipinski definition) is 2. The normalized spacial score (nSPS) is 18.8. The van der Waals surface area contributed by atoms with Gasteiger partial charge in [-0.2, -0.15) is 0 Å². The topological polar surface area (TPSA) is 93.9 Å². The average Bonchev–Trinajstić information content (AvgIpc) is 3.44. The maximum atomic E-state index is 12.6. The van der Waals surface area contributed by atoms with Crippen molar-refractivity contribution in [1.29, 1.82) is 0 Å². The van der Waals surface area contributed by atoms with Gasteiger partial charge in [0.25, 0.3) is 0 Å². The second-order valence-electron chi connectivity index (χ2n) is 8.52. The highest BCUT2D eigenvalue weighted by atomic mass is 16.5. The van der Waals surface area contributed by atoms with Crippen LogP contribution in [0.15, 0.2) is 42.5 Å². The van der Waals surface area contributed by atoms with Crippen molar-refractivity contribution in [2.75, 3.05) is 25.5 Å². The maximum Gasteiger partial charge on any atom is 0.244 e. The third-order valence-electron chi connectivity index (χ3n) is 6.32. The SMILES string of the molecule is COc1ccc([C@H]2CC(=O)N(CC(=O)Nc3ccccc3CN)C2)cc1OC1CCCC1. The summed E-state index contributed by atoms with van der Waals surface area (Å²) in [5, 5.41) is 2.88. The van der Waals surface area contributed by atoms with E-state index in [0.29, 0.717) is 30.9 Å². The number of para-hydroxylation sites is 1. The van der Waals surface area contributed by atoms with E-state index in [9.17, 15) is 9.59 Å². The van der Waals surface area contributed by atoms with Gasteiger partial charge in [-0.1, -0.05) is 24.3 Å². The fourth-order valence-electron chi connectivity index (χ4n) is 4.56. The van der Waals surface area contributed by atoms with Gasteiger partial charge < -0.3 is 25.4 Å². The number of amides is 2. The predicted octanol–water partition coefficient (Wildman–Crippen LogP) is 3.43. The Morgan fingerprint density at radius 3 is 2.69 bits per heavy atom. The molecule has 0 unspecified atom stereocenters. The van der Waals surface area contributed by atoms with Gasteiger partial charge in [0.2, 0.25) is 11.8 Å². The largest absolute Gasteiger partial charge is 0.493 e. The Morgan fingerprint density at radius 1 is 1.16 bits per heavy atom. The standard InChI is InChI=1S/C25H31N3O4/c1-31-22-11-10-17(12-23(22)32-20-7-3-4-8-20)19-13-25(30)28(15-19)16-24(29)27-21-9-5-2-6-18(21)14-26/h2,5-6,9-12,19-20H,3-4,7-8,13-16,26H2,1H3,(H,27,29)/t19-/m0/s1. The Bertz CT molecular complexity index is 971. The molecule has 1 heterocycles. The van der Waals surface area contributed by atoms with Crippen LogP contribution in [0.5, 0.6) is 11.5 Å². The minimum absolute atomic E-state index is 0.0171. The Kier molecular flexibility index (Phi) is 6.95. The summed E-state index contributed by atoms with van der Waals surface area (Å²) < 4.78 is 11.7. The highest BCUT2D eigenvalue weighted by Gasteiger charge is 2.32. The van der Waals surface area contributed by atoms with Crippen molar-refractivity contribution in [3.05, 3.63) is 53.6 Å². The van der Waals surface area contributed by atoms with Crippen molar-refractivity contribution in [2.45, 2.75) is 50.7 Å². The lowest BCUT2D eigenvalue weighted by Gasteiger charge is -2.19. The first-order valence-corrected chi connectivity index (χ1v) is 11.3. The number of ether oxygens (including phenoxy) is 2. The molecular weight excluding hydrogens is 406 g/mol. The molecule has 0 radical (unpaired) electrons. The Labute approximate surface area is 188 Å². The number of rotatable bonds is 8. The van der Waals surface area contributed by atoms with Crippen molar-refractivity contribution in [3.8, 4) is 11.5 Å². The van der Waals surface area contributed by atoms with E-state index in [1.54, 1.807) is 12.0 Å². The van der Waals surface area contributed by atoms with Gasteiger partial charge in [0, 0.05) is 31.1 Å². The van der Waals surface area contributed by atoms with Crippen LogP contribution in [0.4, 0.5) is 5.69 Å². The highest BCUT2D eigenvalue weighted by Crippen LogP contribution is 2.37. The zero-order chi connectivity index (χ0) is 22.5. The lowest BCUT2D eigenvalue weighted by atomic mass is 9.98. The first kappa shape index (κ1) is 22.1. The summed E-state index contributed by atoms with van der Waals surface area (Å²) in [6, 6.07) is 13.3. The number of methoxy groups -OCH3 is 1. The number of nitrogens with one attached hydrogen (secondary N) is 1. The van der Waals surface area contributed by atoms with Crippen molar-refractivity contribution < 1.29 is 19.1 Å². The van der Waals surface area contributed by atoms with E-state index in [-0.39, 0.29) is 30.4 Å². The number of benzene rings is 2. The fraction of sp³-hybridized carbons (Fsp3) is 0.440. The molecule has 32 heavy (non-hydrogen) atoms. The van der Waals surface area contributed by atoms with E-state index < -0.39 is 0 Å². The molecule has 2 amide bonds. The molecule has 4 rings (SSSR count). The summed E-state index contributed by atoms with van der Waals surface area (Å²) in [4.78, 5) is 26.8. The van der Waals surface area contributed by atoms with Gasteiger partial charge >= 0.3 is 0 Å². The molecule has 0 aromatic heterocycles. The summed E-state index contributed by atoms with van der Waals surface area (Å²) in [5.74, 6) is 1.22. The number of nitrogens with two attached hydrogens (primary N) is 1. The maximum absolute atomic E-state index is 12.6. The number of carbonyl (C=O) groups is 2. The molecule has 1 aliphatic carbocycles. The smallest absolute Gasteiger partial charge is 0.244 e.